The Bertz CT molecular complexity index is 980. The van der Waals surface area contributed by atoms with Gasteiger partial charge in [0.15, 0.2) is 5.11 Å². The third kappa shape index (κ3) is 4.23. The number of esters is 1. The normalized spacial score (nSPS) is 10.5. The van der Waals surface area contributed by atoms with E-state index in [-0.39, 0.29) is 0 Å². The van der Waals surface area contributed by atoms with E-state index in [0.29, 0.717) is 22.2 Å². The predicted octanol–water partition coefficient (Wildman–Crippen LogP) is 4.21. The zero-order chi connectivity index (χ0) is 20.1. The van der Waals surface area contributed by atoms with Crippen LogP contribution in [0.4, 0.5) is 5.00 Å². The lowest BCUT2D eigenvalue weighted by Crippen LogP contribution is -2.29. The topological polar surface area (TPSA) is 68.2 Å². The van der Waals surface area contributed by atoms with E-state index in [1.165, 1.54) is 18.4 Å². The van der Waals surface area contributed by atoms with E-state index in [2.05, 4.69) is 15.7 Å². The van der Waals surface area contributed by atoms with Crippen LogP contribution in [0.25, 0.3) is 11.1 Å². The average Bonchev–Trinajstić information content (AvgIpc) is 3.29. The number of benzene rings is 1. The molecule has 28 heavy (non-hydrogen) atoms. The molecule has 0 atom stereocenters. The number of carbonyl (C=O) groups excluding carboxylic acids is 1. The maximum atomic E-state index is 12.5. The van der Waals surface area contributed by atoms with Gasteiger partial charge in [0.1, 0.15) is 10.6 Å². The van der Waals surface area contributed by atoms with Crippen LogP contribution in [0.1, 0.15) is 27.9 Å². The third-order valence-electron chi connectivity index (χ3n) is 4.30. The first-order chi connectivity index (χ1) is 13.5. The second kappa shape index (κ2) is 8.99. The molecule has 3 aromatic rings. The lowest BCUT2D eigenvalue weighted by molar-refractivity contribution is 0.0603. The van der Waals surface area contributed by atoms with Crippen molar-refractivity contribution in [3.05, 3.63) is 58.7 Å². The number of ether oxygens (including phenoxy) is 1. The number of rotatable bonds is 6. The lowest BCUT2D eigenvalue weighted by Gasteiger charge is -2.12. The molecule has 3 rings (SSSR count). The number of methoxy groups -OCH3 is 1. The standard InChI is InChI=1S/C20H22N4O2S2/c1-4-24-15(10-11-22-24)12-21-20(27)23-18-17(19(25)26-3)16(13(2)28-18)14-8-6-5-7-9-14/h5-11H,4,12H2,1-3H3,(H2,21,23,27). The highest BCUT2D eigenvalue weighted by Gasteiger charge is 2.24. The molecule has 0 saturated carbocycles. The monoisotopic (exact) mass is 414 g/mol. The van der Waals surface area contributed by atoms with Crippen LogP contribution in [0.3, 0.4) is 0 Å². The van der Waals surface area contributed by atoms with E-state index in [9.17, 15) is 4.79 Å². The molecule has 0 aliphatic heterocycles. The summed E-state index contributed by atoms with van der Waals surface area (Å²) in [6.45, 7) is 5.36. The minimum Gasteiger partial charge on any atom is -0.465 e. The van der Waals surface area contributed by atoms with Gasteiger partial charge in [-0.25, -0.2) is 4.79 Å². The molecule has 0 aliphatic rings. The smallest absolute Gasteiger partial charge is 0.341 e. The number of hydrogen-bond donors (Lipinski definition) is 2. The number of hydrogen-bond acceptors (Lipinski definition) is 5. The summed E-state index contributed by atoms with van der Waals surface area (Å²) in [6, 6.07) is 11.7. The lowest BCUT2D eigenvalue weighted by atomic mass is 10.0. The number of nitrogens with one attached hydrogen (secondary N) is 2. The zero-order valence-electron chi connectivity index (χ0n) is 16.0. The Morgan fingerprint density at radius 3 is 2.71 bits per heavy atom. The Morgan fingerprint density at radius 1 is 1.29 bits per heavy atom. The molecular formula is C20H22N4O2S2. The van der Waals surface area contributed by atoms with Crippen molar-refractivity contribution in [1.29, 1.82) is 0 Å². The summed E-state index contributed by atoms with van der Waals surface area (Å²) in [5.41, 5.74) is 3.37. The number of carbonyl (C=O) groups is 1. The molecule has 0 aliphatic carbocycles. The molecule has 0 spiro atoms. The minimum absolute atomic E-state index is 0.391. The van der Waals surface area contributed by atoms with Gasteiger partial charge in [-0.3, -0.25) is 4.68 Å². The molecule has 2 aromatic heterocycles. The molecule has 146 valence electrons. The third-order valence-corrected chi connectivity index (χ3v) is 5.56. The Labute approximate surface area is 173 Å². The predicted molar refractivity (Wildman–Crippen MR) is 117 cm³/mol. The number of aromatic nitrogens is 2. The molecular weight excluding hydrogens is 392 g/mol. The number of thiophene rings is 1. The second-order valence-electron chi connectivity index (χ2n) is 6.04. The molecule has 0 bridgehead atoms. The van der Waals surface area contributed by atoms with Crippen LogP contribution < -0.4 is 10.6 Å². The van der Waals surface area contributed by atoms with E-state index >= 15 is 0 Å². The minimum atomic E-state index is -0.391. The van der Waals surface area contributed by atoms with Crippen LogP contribution in [0, 0.1) is 6.92 Å². The van der Waals surface area contributed by atoms with E-state index in [4.69, 9.17) is 17.0 Å². The molecule has 1 aromatic carbocycles. The number of nitrogens with zero attached hydrogens (tertiary/aromatic N) is 2. The molecule has 2 heterocycles. The van der Waals surface area contributed by atoms with Crippen molar-refractivity contribution in [2.24, 2.45) is 0 Å². The van der Waals surface area contributed by atoms with E-state index in [1.54, 1.807) is 6.20 Å². The van der Waals surface area contributed by atoms with Crippen molar-refractivity contribution < 1.29 is 9.53 Å². The molecule has 6 nitrogen and oxygen atoms in total. The quantitative estimate of drug-likeness (QED) is 0.465. The van der Waals surface area contributed by atoms with Gasteiger partial charge in [0.05, 0.1) is 19.3 Å². The van der Waals surface area contributed by atoms with Gasteiger partial charge in [0.25, 0.3) is 0 Å². The van der Waals surface area contributed by atoms with Crippen LogP contribution in [0.15, 0.2) is 42.6 Å². The van der Waals surface area contributed by atoms with Gasteiger partial charge in [-0.2, -0.15) is 5.10 Å². The van der Waals surface area contributed by atoms with Crippen LogP contribution in [0.5, 0.6) is 0 Å². The first-order valence-electron chi connectivity index (χ1n) is 8.87. The molecule has 0 radical (unpaired) electrons. The van der Waals surface area contributed by atoms with Crippen LogP contribution in [-0.2, 0) is 17.8 Å². The van der Waals surface area contributed by atoms with E-state index in [0.717, 1.165) is 28.2 Å². The molecule has 2 N–H and O–H groups in total. The summed E-state index contributed by atoms with van der Waals surface area (Å²) >= 11 is 6.92. The molecule has 0 unspecified atom stereocenters. The Balaban J connectivity index is 1.83. The molecule has 0 amide bonds. The number of thiocarbonyl (C=S) groups is 1. The summed E-state index contributed by atoms with van der Waals surface area (Å²) in [4.78, 5) is 13.5. The molecule has 8 heteroatoms. The highest BCUT2D eigenvalue weighted by molar-refractivity contribution is 7.80. The van der Waals surface area contributed by atoms with Gasteiger partial charge in [-0.05, 0) is 37.7 Å². The van der Waals surface area contributed by atoms with Gasteiger partial charge < -0.3 is 15.4 Å². The summed E-state index contributed by atoms with van der Waals surface area (Å²) in [5.74, 6) is -0.391. The van der Waals surface area contributed by atoms with Crippen LogP contribution in [0.2, 0.25) is 0 Å². The highest BCUT2D eigenvalue weighted by atomic mass is 32.1. The van der Waals surface area contributed by atoms with Gasteiger partial charge >= 0.3 is 5.97 Å². The second-order valence-corrected chi connectivity index (χ2v) is 7.67. The first-order valence-corrected chi connectivity index (χ1v) is 10.1. The fraction of sp³-hybridized carbons (Fsp3) is 0.250. The van der Waals surface area contributed by atoms with Crippen LogP contribution in [-0.4, -0.2) is 28.0 Å². The Kier molecular flexibility index (Phi) is 6.43. The summed E-state index contributed by atoms with van der Waals surface area (Å²) in [6.07, 6.45) is 1.76. The van der Waals surface area contributed by atoms with E-state index < -0.39 is 5.97 Å². The maximum Gasteiger partial charge on any atom is 0.341 e. The van der Waals surface area contributed by atoms with Crippen molar-refractivity contribution >= 4 is 39.6 Å². The Morgan fingerprint density at radius 2 is 2.04 bits per heavy atom. The van der Waals surface area contributed by atoms with Gasteiger partial charge in [-0.15, -0.1) is 11.3 Å². The van der Waals surface area contributed by atoms with Crippen molar-refractivity contribution in [2.75, 3.05) is 12.4 Å². The van der Waals surface area contributed by atoms with Gasteiger partial charge in [0, 0.05) is 23.2 Å². The number of anilines is 1. The fourth-order valence-electron chi connectivity index (χ4n) is 3.00. The molecule has 0 fully saturated rings. The summed E-state index contributed by atoms with van der Waals surface area (Å²) in [5, 5.41) is 11.7. The summed E-state index contributed by atoms with van der Waals surface area (Å²) in [7, 11) is 1.39. The molecule has 0 saturated heterocycles. The fourth-order valence-corrected chi connectivity index (χ4v) is 4.30. The summed E-state index contributed by atoms with van der Waals surface area (Å²) < 4.78 is 6.94. The van der Waals surface area contributed by atoms with Crippen molar-refractivity contribution in [3.8, 4) is 11.1 Å². The first kappa shape index (κ1) is 20.0. The zero-order valence-corrected chi connectivity index (χ0v) is 17.6. The van der Waals surface area contributed by atoms with Crippen molar-refractivity contribution in [2.45, 2.75) is 26.9 Å². The van der Waals surface area contributed by atoms with Crippen molar-refractivity contribution in [3.63, 3.8) is 0 Å². The SMILES string of the molecule is CCn1nccc1CNC(=S)Nc1sc(C)c(-c2ccccc2)c1C(=O)OC. The number of aryl methyl sites for hydroxylation is 2. The van der Waals surface area contributed by atoms with E-state index in [1.807, 2.05) is 54.9 Å². The van der Waals surface area contributed by atoms with Crippen LogP contribution >= 0.6 is 23.6 Å². The maximum absolute atomic E-state index is 12.5. The van der Waals surface area contributed by atoms with Gasteiger partial charge in [-0.1, -0.05) is 30.3 Å². The van der Waals surface area contributed by atoms with Crippen molar-refractivity contribution in [1.82, 2.24) is 15.1 Å². The highest BCUT2D eigenvalue weighted by Crippen LogP contribution is 2.40. The largest absolute Gasteiger partial charge is 0.465 e. The average molecular weight is 415 g/mol. The Hall–Kier alpha value is -2.71. The van der Waals surface area contributed by atoms with Gasteiger partial charge in [0.2, 0.25) is 0 Å².